The molecule has 0 aromatic heterocycles. The number of benzene rings is 2. The maximum atomic E-state index is 12.2. The number of rotatable bonds is 5. The fraction of sp³-hybridized carbons (Fsp3) is 0.200. The molecule has 0 bridgehead atoms. The van der Waals surface area contributed by atoms with Gasteiger partial charge in [-0.2, -0.15) is 5.26 Å². The molecule has 2 rings (SSSR count). The molecule has 2 aromatic carbocycles. The van der Waals surface area contributed by atoms with Crippen molar-refractivity contribution in [3.8, 4) is 11.8 Å². The Morgan fingerprint density at radius 1 is 1.29 bits per heavy atom. The molecular weight excluding hydrogens is 300 g/mol. The summed E-state index contributed by atoms with van der Waals surface area (Å²) < 4.78 is 0. The number of nitrogens with one attached hydrogen (secondary N) is 1. The van der Waals surface area contributed by atoms with Gasteiger partial charge in [0.1, 0.15) is 17.4 Å². The Balaban J connectivity index is 2.14. The Hall–Kier alpha value is -3.06. The number of phenols is 1. The Bertz CT molecular complexity index is 786. The molecule has 4 nitrogen and oxygen atoms in total. The Morgan fingerprint density at radius 2 is 2.00 bits per heavy atom. The van der Waals surface area contributed by atoms with E-state index in [0.717, 1.165) is 6.42 Å². The highest BCUT2D eigenvalue weighted by Crippen LogP contribution is 2.21. The average molecular weight is 320 g/mol. The quantitative estimate of drug-likeness (QED) is 0.631. The average Bonchev–Trinajstić information content (AvgIpc) is 2.59. The van der Waals surface area contributed by atoms with Gasteiger partial charge in [-0.1, -0.05) is 38.1 Å². The van der Waals surface area contributed by atoms with Crippen LogP contribution in [0.4, 0.5) is 5.69 Å². The van der Waals surface area contributed by atoms with Crippen LogP contribution in [0.3, 0.4) is 0 Å². The predicted molar refractivity (Wildman–Crippen MR) is 95.5 cm³/mol. The summed E-state index contributed by atoms with van der Waals surface area (Å²) in [5, 5.41) is 21.4. The minimum absolute atomic E-state index is 0.0217. The summed E-state index contributed by atoms with van der Waals surface area (Å²) in [6, 6.07) is 15.9. The highest BCUT2D eigenvalue weighted by Gasteiger charge is 2.10. The van der Waals surface area contributed by atoms with E-state index in [4.69, 9.17) is 0 Å². The normalized spacial score (nSPS) is 12.3. The molecule has 0 fully saturated rings. The summed E-state index contributed by atoms with van der Waals surface area (Å²) in [4.78, 5) is 12.2. The van der Waals surface area contributed by atoms with Crippen LogP contribution in [0.1, 0.15) is 37.3 Å². The largest absolute Gasteiger partial charge is 0.508 e. The van der Waals surface area contributed by atoms with Crippen LogP contribution in [0.25, 0.3) is 6.08 Å². The molecule has 0 aliphatic rings. The van der Waals surface area contributed by atoms with E-state index in [1.807, 2.05) is 30.3 Å². The van der Waals surface area contributed by atoms with Gasteiger partial charge in [0.05, 0.1) is 0 Å². The number of nitrogens with zero attached hydrogens (tertiary/aromatic N) is 1. The summed E-state index contributed by atoms with van der Waals surface area (Å²) in [5.41, 5.74) is 2.43. The van der Waals surface area contributed by atoms with Gasteiger partial charge in [0.25, 0.3) is 5.91 Å². The van der Waals surface area contributed by atoms with Gasteiger partial charge in [0, 0.05) is 5.69 Å². The fourth-order valence-corrected chi connectivity index (χ4v) is 2.26. The van der Waals surface area contributed by atoms with Crippen LogP contribution in [0.15, 0.2) is 54.1 Å². The van der Waals surface area contributed by atoms with Crippen LogP contribution < -0.4 is 5.32 Å². The van der Waals surface area contributed by atoms with Gasteiger partial charge in [-0.15, -0.1) is 0 Å². The van der Waals surface area contributed by atoms with Crippen molar-refractivity contribution in [3.63, 3.8) is 0 Å². The second-order valence-electron chi connectivity index (χ2n) is 5.65. The van der Waals surface area contributed by atoms with Crippen molar-refractivity contribution >= 4 is 17.7 Å². The zero-order valence-electron chi connectivity index (χ0n) is 13.8. The summed E-state index contributed by atoms with van der Waals surface area (Å²) >= 11 is 0. The van der Waals surface area contributed by atoms with Crippen LogP contribution in [0, 0.1) is 11.3 Å². The van der Waals surface area contributed by atoms with E-state index in [1.165, 1.54) is 23.8 Å². The van der Waals surface area contributed by atoms with E-state index < -0.39 is 5.91 Å². The molecule has 0 heterocycles. The van der Waals surface area contributed by atoms with E-state index in [-0.39, 0.29) is 11.3 Å². The monoisotopic (exact) mass is 320 g/mol. The molecule has 0 unspecified atom stereocenters. The molecule has 2 aromatic rings. The molecule has 0 spiro atoms. The number of nitriles is 1. The third-order valence-corrected chi connectivity index (χ3v) is 3.90. The lowest BCUT2D eigenvalue weighted by molar-refractivity contribution is -0.112. The number of anilines is 1. The second kappa shape index (κ2) is 7.98. The number of carbonyl (C=O) groups excluding carboxylic acids is 1. The van der Waals surface area contributed by atoms with Crippen molar-refractivity contribution in [2.45, 2.75) is 26.2 Å². The van der Waals surface area contributed by atoms with Crippen molar-refractivity contribution in [2.24, 2.45) is 0 Å². The number of hydrogen-bond donors (Lipinski definition) is 2. The standard InChI is InChI=1S/C20H20N2O2/c1-3-14(2)16-7-9-18(10-8-16)22-20(24)17(13-21)11-15-5-4-6-19(23)12-15/h4-12,14,23H,3H2,1-2H3,(H,22,24)/b17-11+/t14-/m0/s1. The van der Waals surface area contributed by atoms with Gasteiger partial charge in [0.2, 0.25) is 0 Å². The topological polar surface area (TPSA) is 73.1 Å². The molecule has 0 aliphatic heterocycles. The molecular formula is C20H20N2O2. The molecule has 24 heavy (non-hydrogen) atoms. The molecule has 4 heteroatoms. The van der Waals surface area contributed by atoms with Gasteiger partial charge in [-0.3, -0.25) is 4.79 Å². The Kier molecular flexibility index (Phi) is 5.75. The second-order valence-corrected chi connectivity index (χ2v) is 5.65. The lowest BCUT2D eigenvalue weighted by Crippen LogP contribution is -2.13. The SMILES string of the molecule is CC[C@H](C)c1ccc(NC(=O)/C(C#N)=C/c2cccc(O)c2)cc1. The third kappa shape index (κ3) is 4.47. The van der Waals surface area contributed by atoms with Gasteiger partial charge in [0.15, 0.2) is 0 Å². The van der Waals surface area contributed by atoms with Gasteiger partial charge < -0.3 is 10.4 Å². The van der Waals surface area contributed by atoms with E-state index >= 15 is 0 Å². The first-order valence-electron chi connectivity index (χ1n) is 7.85. The summed E-state index contributed by atoms with van der Waals surface area (Å²) in [6.45, 7) is 4.28. The summed E-state index contributed by atoms with van der Waals surface area (Å²) in [6.07, 6.45) is 2.50. The van der Waals surface area contributed by atoms with E-state index in [2.05, 4.69) is 19.2 Å². The van der Waals surface area contributed by atoms with Crippen LogP contribution in [0.2, 0.25) is 0 Å². The summed E-state index contributed by atoms with van der Waals surface area (Å²) in [7, 11) is 0. The zero-order valence-corrected chi connectivity index (χ0v) is 13.8. The van der Waals surface area contributed by atoms with Crippen molar-refractivity contribution < 1.29 is 9.90 Å². The lowest BCUT2D eigenvalue weighted by Gasteiger charge is -2.10. The molecule has 0 saturated carbocycles. The molecule has 1 amide bonds. The van der Waals surface area contributed by atoms with Gasteiger partial charge in [-0.25, -0.2) is 0 Å². The predicted octanol–water partition coefficient (Wildman–Crippen LogP) is 4.45. The van der Waals surface area contributed by atoms with Crippen LogP contribution in [-0.2, 0) is 4.79 Å². The zero-order chi connectivity index (χ0) is 17.5. The lowest BCUT2D eigenvalue weighted by atomic mass is 9.98. The number of amides is 1. The maximum Gasteiger partial charge on any atom is 0.266 e. The molecule has 1 atom stereocenters. The molecule has 0 radical (unpaired) electrons. The highest BCUT2D eigenvalue weighted by molar-refractivity contribution is 6.09. The first-order chi connectivity index (χ1) is 11.5. The molecule has 0 aliphatic carbocycles. The van der Waals surface area contributed by atoms with Crippen LogP contribution in [-0.4, -0.2) is 11.0 Å². The minimum atomic E-state index is -0.475. The number of phenolic OH excluding ortho intramolecular Hbond substituents is 1. The Morgan fingerprint density at radius 3 is 2.58 bits per heavy atom. The summed E-state index contributed by atoms with van der Waals surface area (Å²) in [5.74, 6) is 0.0780. The third-order valence-electron chi connectivity index (χ3n) is 3.90. The highest BCUT2D eigenvalue weighted by atomic mass is 16.3. The van der Waals surface area contributed by atoms with Crippen LogP contribution >= 0.6 is 0 Å². The van der Waals surface area contributed by atoms with Crippen molar-refractivity contribution in [1.29, 1.82) is 5.26 Å². The number of hydrogen-bond acceptors (Lipinski definition) is 3. The van der Waals surface area contributed by atoms with E-state index in [9.17, 15) is 15.2 Å². The van der Waals surface area contributed by atoms with E-state index in [0.29, 0.717) is 17.2 Å². The Labute approximate surface area is 142 Å². The minimum Gasteiger partial charge on any atom is -0.508 e. The molecule has 2 N–H and O–H groups in total. The number of aromatic hydroxyl groups is 1. The van der Waals surface area contributed by atoms with Gasteiger partial charge in [-0.05, 0) is 53.8 Å². The smallest absolute Gasteiger partial charge is 0.266 e. The van der Waals surface area contributed by atoms with Crippen molar-refractivity contribution in [2.75, 3.05) is 5.32 Å². The van der Waals surface area contributed by atoms with Crippen molar-refractivity contribution in [1.82, 2.24) is 0 Å². The van der Waals surface area contributed by atoms with Crippen LogP contribution in [0.5, 0.6) is 5.75 Å². The molecule has 122 valence electrons. The maximum absolute atomic E-state index is 12.2. The molecule has 0 saturated heterocycles. The fourth-order valence-electron chi connectivity index (χ4n) is 2.26. The first-order valence-corrected chi connectivity index (χ1v) is 7.85. The first kappa shape index (κ1) is 17.3. The van der Waals surface area contributed by atoms with Crippen molar-refractivity contribution in [3.05, 3.63) is 65.2 Å². The van der Waals surface area contributed by atoms with E-state index in [1.54, 1.807) is 12.1 Å². The number of carbonyl (C=O) groups is 1. The van der Waals surface area contributed by atoms with Gasteiger partial charge >= 0.3 is 0 Å².